The van der Waals surface area contributed by atoms with E-state index in [1.54, 1.807) is 0 Å². The van der Waals surface area contributed by atoms with E-state index < -0.39 is 36.6 Å². The third-order valence-electron chi connectivity index (χ3n) is 3.32. The lowest BCUT2D eigenvalue weighted by molar-refractivity contribution is -0.139. The summed E-state index contributed by atoms with van der Waals surface area (Å²) in [6.07, 6.45) is 2.28. The molecule has 0 aliphatic carbocycles. The Bertz CT molecular complexity index is 462. The van der Waals surface area contributed by atoms with E-state index in [0.717, 1.165) is 23.5 Å². The number of ether oxygens (including phenoxy) is 2. The lowest BCUT2D eigenvalue weighted by atomic mass is 10.6. The molecule has 0 aliphatic rings. The SMILES string of the molecule is C=CC(=O)OCCO[Si](C[Si](C)(C)C)(C[Si](C)(C)C)OCCOC(=O)C=C. The van der Waals surface area contributed by atoms with Gasteiger partial charge in [-0.1, -0.05) is 52.4 Å². The first-order valence-corrected chi connectivity index (χ1v) is 18.8. The van der Waals surface area contributed by atoms with Gasteiger partial charge in [0.15, 0.2) is 0 Å². The van der Waals surface area contributed by atoms with Crippen molar-refractivity contribution in [3.05, 3.63) is 25.3 Å². The van der Waals surface area contributed by atoms with E-state index in [1.165, 1.54) is 0 Å². The van der Waals surface area contributed by atoms with Gasteiger partial charge < -0.3 is 18.3 Å². The van der Waals surface area contributed by atoms with Crippen LogP contribution in [0.2, 0.25) is 50.6 Å². The van der Waals surface area contributed by atoms with E-state index in [4.69, 9.17) is 18.3 Å². The van der Waals surface area contributed by atoms with Crippen LogP contribution in [-0.2, 0) is 27.9 Å². The molecular formula is C18H36O6Si3. The average molecular weight is 433 g/mol. The Labute approximate surface area is 167 Å². The molecule has 0 aliphatic heterocycles. The van der Waals surface area contributed by atoms with Crippen LogP contribution in [0.3, 0.4) is 0 Å². The number of rotatable bonds is 14. The zero-order valence-corrected chi connectivity index (χ0v) is 20.8. The van der Waals surface area contributed by atoms with Gasteiger partial charge in [-0.05, 0) is 11.3 Å². The zero-order chi connectivity index (χ0) is 21.1. The first-order chi connectivity index (χ1) is 12.3. The van der Waals surface area contributed by atoms with Gasteiger partial charge in [-0.3, -0.25) is 0 Å². The Balaban J connectivity index is 5.15. The predicted octanol–water partition coefficient (Wildman–Crippen LogP) is 3.68. The Kier molecular flexibility index (Phi) is 11.3. The smallest absolute Gasteiger partial charge is 0.332 e. The van der Waals surface area contributed by atoms with Crippen molar-refractivity contribution in [2.24, 2.45) is 0 Å². The quantitative estimate of drug-likeness (QED) is 0.180. The van der Waals surface area contributed by atoms with Crippen LogP contribution >= 0.6 is 0 Å². The second kappa shape index (κ2) is 11.7. The highest BCUT2D eigenvalue weighted by Crippen LogP contribution is 2.30. The van der Waals surface area contributed by atoms with Crippen molar-refractivity contribution in [2.45, 2.75) is 50.6 Å². The summed E-state index contributed by atoms with van der Waals surface area (Å²) in [6.45, 7) is 21.5. The molecule has 0 bridgehead atoms. The predicted molar refractivity (Wildman–Crippen MR) is 116 cm³/mol. The minimum absolute atomic E-state index is 0.172. The third-order valence-corrected chi connectivity index (χ3v) is 17.6. The molecule has 27 heavy (non-hydrogen) atoms. The maximum absolute atomic E-state index is 11.2. The van der Waals surface area contributed by atoms with Crippen LogP contribution in [0.25, 0.3) is 0 Å². The highest BCUT2D eigenvalue weighted by atomic mass is 28.4. The molecule has 0 N–H and O–H groups in total. The van der Waals surface area contributed by atoms with Crippen molar-refractivity contribution < 1.29 is 27.9 Å². The standard InChI is InChI=1S/C18H36O6Si3/c1-9-17(19)21-11-13-23-27(15-25(3,4)5,16-26(6,7)8)24-14-12-22-18(20)10-2/h9-10H,1-2,11-16H2,3-8H3. The molecule has 6 nitrogen and oxygen atoms in total. The normalized spacial score (nSPS) is 12.4. The fourth-order valence-corrected chi connectivity index (χ4v) is 20.0. The van der Waals surface area contributed by atoms with Gasteiger partial charge in [-0.2, -0.15) is 0 Å². The molecule has 0 rings (SSSR count). The maximum Gasteiger partial charge on any atom is 0.332 e. The molecule has 0 fully saturated rings. The molecule has 0 amide bonds. The van der Waals surface area contributed by atoms with Crippen molar-refractivity contribution >= 4 is 36.6 Å². The second-order valence-electron chi connectivity index (χ2n) is 8.83. The fourth-order valence-electron chi connectivity index (χ4n) is 2.78. The van der Waals surface area contributed by atoms with E-state index >= 15 is 0 Å². The van der Waals surface area contributed by atoms with E-state index in [1.807, 2.05) is 0 Å². The summed E-state index contributed by atoms with van der Waals surface area (Å²) in [5.41, 5.74) is 1.88. The molecule has 9 heteroatoms. The molecule has 156 valence electrons. The van der Waals surface area contributed by atoms with Crippen molar-refractivity contribution in [1.29, 1.82) is 0 Å². The van der Waals surface area contributed by atoms with E-state index in [-0.39, 0.29) is 13.2 Å². The van der Waals surface area contributed by atoms with Gasteiger partial charge in [-0.15, -0.1) is 0 Å². The van der Waals surface area contributed by atoms with Crippen LogP contribution in [-0.4, -0.2) is 63.1 Å². The van der Waals surface area contributed by atoms with Gasteiger partial charge in [0.25, 0.3) is 0 Å². The highest BCUT2D eigenvalue weighted by molar-refractivity contribution is 6.97. The molecule has 0 aromatic rings. The van der Waals surface area contributed by atoms with Crippen LogP contribution < -0.4 is 0 Å². The van der Waals surface area contributed by atoms with Crippen LogP contribution in [0.4, 0.5) is 0 Å². The van der Waals surface area contributed by atoms with Crippen molar-refractivity contribution in [3.63, 3.8) is 0 Å². The number of carbonyl (C=O) groups is 2. The largest absolute Gasteiger partial charge is 0.460 e. The van der Waals surface area contributed by atoms with Gasteiger partial charge in [0.05, 0.1) is 13.2 Å². The molecule has 0 aromatic heterocycles. The molecule has 0 heterocycles. The first kappa shape index (κ1) is 26.0. The lowest BCUT2D eigenvalue weighted by Gasteiger charge is -2.38. The zero-order valence-electron chi connectivity index (χ0n) is 17.8. The third kappa shape index (κ3) is 13.8. The molecule has 0 radical (unpaired) electrons. The number of esters is 2. The molecule has 0 saturated heterocycles. The Morgan fingerprint density at radius 2 is 1.04 bits per heavy atom. The Morgan fingerprint density at radius 3 is 1.30 bits per heavy atom. The van der Waals surface area contributed by atoms with Gasteiger partial charge in [-0.25, -0.2) is 9.59 Å². The highest BCUT2D eigenvalue weighted by Gasteiger charge is 2.45. The van der Waals surface area contributed by atoms with Gasteiger partial charge in [0, 0.05) is 28.3 Å². The monoisotopic (exact) mass is 432 g/mol. The number of hydrogen-bond acceptors (Lipinski definition) is 6. The van der Waals surface area contributed by atoms with Gasteiger partial charge in [0.1, 0.15) is 13.2 Å². The molecule has 0 spiro atoms. The van der Waals surface area contributed by atoms with Gasteiger partial charge in [0.2, 0.25) is 0 Å². The summed E-state index contributed by atoms with van der Waals surface area (Å²) in [6, 6.07) is 0. The van der Waals surface area contributed by atoms with Gasteiger partial charge >= 0.3 is 20.5 Å². The molecule has 0 aromatic carbocycles. The molecule has 0 unspecified atom stereocenters. The summed E-state index contributed by atoms with van der Waals surface area (Å²) < 4.78 is 22.7. The Hall–Kier alpha value is -1.01. The fraction of sp³-hybridized carbons (Fsp3) is 0.667. The maximum atomic E-state index is 11.2. The summed E-state index contributed by atoms with van der Waals surface area (Å²) >= 11 is 0. The van der Waals surface area contributed by atoms with Crippen molar-refractivity contribution in [2.75, 3.05) is 26.4 Å². The average Bonchev–Trinajstić information content (AvgIpc) is 2.52. The summed E-state index contributed by atoms with van der Waals surface area (Å²) in [5, 5.41) is 0. The molecular weight excluding hydrogens is 396 g/mol. The summed E-state index contributed by atoms with van der Waals surface area (Å²) in [7, 11) is -5.51. The first-order valence-electron chi connectivity index (χ1n) is 9.19. The van der Waals surface area contributed by atoms with Crippen LogP contribution in [0.1, 0.15) is 0 Å². The molecule has 0 atom stereocenters. The van der Waals surface area contributed by atoms with Crippen LogP contribution in [0, 0.1) is 0 Å². The van der Waals surface area contributed by atoms with E-state index in [0.29, 0.717) is 13.2 Å². The summed E-state index contributed by atoms with van der Waals surface area (Å²) in [4.78, 5) is 22.5. The van der Waals surface area contributed by atoms with Crippen molar-refractivity contribution in [1.82, 2.24) is 0 Å². The van der Waals surface area contributed by atoms with Crippen molar-refractivity contribution in [3.8, 4) is 0 Å². The number of hydrogen-bond donors (Lipinski definition) is 0. The molecule has 0 saturated carbocycles. The number of carbonyl (C=O) groups excluding carboxylic acids is 2. The minimum atomic E-state index is -2.54. The minimum Gasteiger partial charge on any atom is -0.460 e. The van der Waals surface area contributed by atoms with Crippen LogP contribution in [0.15, 0.2) is 25.3 Å². The Morgan fingerprint density at radius 1 is 0.704 bits per heavy atom. The summed E-state index contributed by atoms with van der Waals surface area (Å²) in [5.74, 6) is -0.919. The van der Waals surface area contributed by atoms with E-state index in [2.05, 4.69) is 52.4 Å². The lowest BCUT2D eigenvalue weighted by Crippen LogP contribution is -2.53. The van der Waals surface area contributed by atoms with Crippen LogP contribution in [0.5, 0.6) is 0 Å². The second-order valence-corrected chi connectivity index (χ2v) is 24.3. The topological polar surface area (TPSA) is 71.1 Å². The van der Waals surface area contributed by atoms with E-state index in [9.17, 15) is 9.59 Å².